The molecule has 1 heterocycles. The van der Waals surface area contributed by atoms with E-state index in [4.69, 9.17) is 4.74 Å². The number of carbonyl (C=O) groups excluding carboxylic acids is 1. The van der Waals surface area contributed by atoms with E-state index < -0.39 is 0 Å². The van der Waals surface area contributed by atoms with E-state index in [2.05, 4.69) is 10.4 Å². The molecule has 0 aliphatic heterocycles. The van der Waals surface area contributed by atoms with Crippen LogP contribution in [0.4, 0.5) is 14.5 Å². The number of hydrogen-bond donors (Lipinski definition) is 1. The third-order valence-corrected chi connectivity index (χ3v) is 5.15. The summed E-state index contributed by atoms with van der Waals surface area (Å²) in [5.41, 5.74) is 4.56. The van der Waals surface area contributed by atoms with Gasteiger partial charge in [-0.15, -0.1) is 5.10 Å². The molecule has 0 spiro atoms. The molecule has 33 heavy (non-hydrogen) atoms. The summed E-state index contributed by atoms with van der Waals surface area (Å²) in [5, 5.41) is 7.34. The lowest BCUT2D eigenvalue weighted by Gasteiger charge is -2.09. The Labute approximate surface area is 190 Å². The molecule has 1 amide bonds. The number of aromatic nitrogens is 2. The maximum Gasteiger partial charge on any atom is 0.262 e. The number of rotatable bonds is 7. The molecule has 1 aromatic heterocycles. The van der Waals surface area contributed by atoms with Gasteiger partial charge in [-0.05, 0) is 60.9 Å². The Bertz CT molecular complexity index is 1270. The number of anilines is 1. The van der Waals surface area contributed by atoms with Crippen molar-refractivity contribution in [3.05, 3.63) is 112 Å². The smallest absolute Gasteiger partial charge is 0.262 e. The Morgan fingerprint density at radius 3 is 2.21 bits per heavy atom. The minimum atomic E-state index is -0.360. The molecule has 0 saturated heterocycles. The lowest BCUT2D eigenvalue weighted by Crippen LogP contribution is -2.13. The Balaban J connectivity index is 1.58. The van der Waals surface area contributed by atoms with Crippen LogP contribution in [-0.4, -0.2) is 15.7 Å². The van der Waals surface area contributed by atoms with Gasteiger partial charge in [-0.3, -0.25) is 9.48 Å². The van der Waals surface area contributed by atoms with Gasteiger partial charge in [0, 0.05) is 11.9 Å². The van der Waals surface area contributed by atoms with Gasteiger partial charge in [0.2, 0.25) is 5.88 Å². The first kappa shape index (κ1) is 22.2. The van der Waals surface area contributed by atoms with Crippen LogP contribution < -0.4 is 10.1 Å². The fourth-order valence-electron chi connectivity index (χ4n) is 3.40. The van der Waals surface area contributed by atoms with Crippen molar-refractivity contribution in [3.63, 3.8) is 0 Å². The number of aryl methyl sites for hydroxylation is 2. The van der Waals surface area contributed by atoms with Gasteiger partial charge in [-0.1, -0.05) is 42.0 Å². The van der Waals surface area contributed by atoms with Crippen molar-refractivity contribution in [2.45, 2.75) is 27.0 Å². The van der Waals surface area contributed by atoms with Gasteiger partial charge in [0.25, 0.3) is 5.91 Å². The summed E-state index contributed by atoms with van der Waals surface area (Å²) < 4.78 is 33.8. The Morgan fingerprint density at radius 1 is 0.939 bits per heavy atom. The van der Waals surface area contributed by atoms with Crippen LogP contribution in [0.3, 0.4) is 0 Å². The third kappa shape index (κ3) is 5.63. The summed E-state index contributed by atoms with van der Waals surface area (Å²) in [4.78, 5) is 13.1. The second-order valence-corrected chi connectivity index (χ2v) is 7.86. The third-order valence-electron chi connectivity index (χ3n) is 5.15. The molecule has 0 aliphatic rings. The zero-order chi connectivity index (χ0) is 23.4. The van der Waals surface area contributed by atoms with E-state index >= 15 is 0 Å². The lowest BCUT2D eigenvalue weighted by molar-refractivity contribution is 0.102. The normalized spacial score (nSPS) is 10.8. The molecule has 4 rings (SSSR count). The van der Waals surface area contributed by atoms with Gasteiger partial charge in [0.15, 0.2) is 0 Å². The summed E-state index contributed by atoms with van der Waals surface area (Å²) in [7, 11) is 0. The molecule has 0 atom stereocenters. The summed E-state index contributed by atoms with van der Waals surface area (Å²) in [5.74, 6) is -0.864. The van der Waals surface area contributed by atoms with Crippen LogP contribution in [0.2, 0.25) is 0 Å². The molecule has 0 unspecified atom stereocenters. The van der Waals surface area contributed by atoms with Gasteiger partial charge in [-0.2, -0.15) is 0 Å². The average molecular weight is 447 g/mol. The molecule has 168 valence electrons. The molecule has 7 heteroatoms. The van der Waals surface area contributed by atoms with E-state index in [1.807, 2.05) is 32.0 Å². The number of amides is 1. The highest BCUT2D eigenvalue weighted by molar-refractivity contribution is 6.06. The first-order valence-corrected chi connectivity index (χ1v) is 10.4. The van der Waals surface area contributed by atoms with Crippen molar-refractivity contribution >= 4 is 11.6 Å². The topological polar surface area (TPSA) is 56.2 Å². The molecule has 0 bridgehead atoms. The fourth-order valence-corrected chi connectivity index (χ4v) is 3.40. The van der Waals surface area contributed by atoms with E-state index in [0.29, 0.717) is 12.2 Å². The number of ether oxygens (including phenoxy) is 1. The molecular weight excluding hydrogens is 424 g/mol. The molecule has 0 saturated carbocycles. The molecule has 3 aromatic carbocycles. The zero-order valence-electron chi connectivity index (χ0n) is 18.3. The van der Waals surface area contributed by atoms with E-state index in [1.54, 1.807) is 35.1 Å². The Hall–Kier alpha value is -4.00. The molecule has 5 nitrogen and oxygen atoms in total. The minimum absolute atomic E-state index is 0.123. The predicted octanol–water partition coefficient (Wildman–Crippen LogP) is 5.66. The minimum Gasteiger partial charge on any atom is -0.471 e. The number of nitrogens with one attached hydrogen (secondary N) is 1. The lowest BCUT2D eigenvalue weighted by atomic mass is 10.1. The van der Waals surface area contributed by atoms with Crippen LogP contribution in [0.5, 0.6) is 5.88 Å². The Morgan fingerprint density at radius 2 is 1.58 bits per heavy atom. The molecule has 4 aromatic rings. The maximum atomic E-state index is 13.2. The highest BCUT2D eigenvalue weighted by Crippen LogP contribution is 2.22. The first-order valence-electron chi connectivity index (χ1n) is 10.4. The van der Waals surface area contributed by atoms with Crippen LogP contribution in [0.15, 0.2) is 72.9 Å². The quantitative estimate of drug-likeness (QED) is 0.398. The van der Waals surface area contributed by atoms with Crippen LogP contribution >= 0.6 is 0 Å². The van der Waals surface area contributed by atoms with Crippen LogP contribution in [0, 0.1) is 25.5 Å². The summed E-state index contributed by atoms with van der Waals surface area (Å²) in [6.45, 7) is 4.37. The van der Waals surface area contributed by atoms with E-state index in [9.17, 15) is 13.6 Å². The number of halogens is 2. The molecular formula is C26H23F2N3O2. The van der Waals surface area contributed by atoms with E-state index in [0.717, 1.165) is 22.3 Å². The number of hydrogen-bond acceptors (Lipinski definition) is 3. The zero-order valence-corrected chi connectivity index (χ0v) is 18.3. The van der Waals surface area contributed by atoms with Crippen molar-refractivity contribution in [1.29, 1.82) is 0 Å². The van der Waals surface area contributed by atoms with Crippen molar-refractivity contribution in [2.24, 2.45) is 0 Å². The standard InChI is InChI=1S/C26H23F2N3O2/c1-17-3-12-24(18(2)13-17)29-25(32)23-15-31(14-19-4-8-21(27)9-5-19)30-26(23)33-16-20-6-10-22(28)11-7-20/h3-13,15H,14,16H2,1-2H3,(H,29,32). The second-order valence-electron chi connectivity index (χ2n) is 7.86. The molecule has 0 aliphatic carbocycles. The molecule has 0 fully saturated rings. The highest BCUT2D eigenvalue weighted by Gasteiger charge is 2.19. The number of nitrogens with zero attached hydrogens (tertiary/aromatic N) is 2. The summed E-state index contributed by atoms with van der Waals surface area (Å²) in [6, 6.07) is 17.7. The van der Waals surface area contributed by atoms with Gasteiger partial charge in [0.1, 0.15) is 23.8 Å². The first-order chi connectivity index (χ1) is 15.9. The van der Waals surface area contributed by atoms with E-state index in [-0.39, 0.29) is 35.6 Å². The number of benzene rings is 3. The SMILES string of the molecule is Cc1ccc(NC(=O)c2cn(Cc3ccc(F)cc3)nc2OCc2ccc(F)cc2)c(C)c1. The van der Waals surface area contributed by atoms with Crippen LogP contribution in [0.25, 0.3) is 0 Å². The maximum absolute atomic E-state index is 13.2. The van der Waals surface area contributed by atoms with Gasteiger partial charge in [-0.25, -0.2) is 8.78 Å². The van der Waals surface area contributed by atoms with Gasteiger partial charge >= 0.3 is 0 Å². The van der Waals surface area contributed by atoms with Crippen LogP contribution in [-0.2, 0) is 13.2 Å². The van der Waals surface area contributed by atoms with Crippen molar-refractivity contribution in [3.8, 4) is 5.88 Å². The fraction of sp³-hybridized carbons (Fsp3) is 0.154. The van der Waals surface area contributed by atoms with Crippen molar-refractivity contribution in [1.82, 2.24) is 9.78 Å². The highest BCUT2D eigenvalue weighted by atomic mass is 19.1. The average Bonchev–Trinajstić information content (AvgIpc) is 3.19. The number of carbonyl (C=O) groups is 1. The summed E-state index contributed by atoms with van der Waals surface area (Å²) >= 11 is 0. The predicted molar refractivity (Wildman–Crippen MR) is 122 cm³/mol. The second kappa shape index (κ2) is 9.65. The van der Waals surface area contributed by atoms with Gasteiger partial charge < -0.3 is 10.1 Å². The Kier molecular flexibility index (Phi) is 6.49. The van der Waals surface area contributed by atoms with Crippen molar-refractivity contribution in [2.75, 3.05) is 5.32 Å². The monoisotopic (exact) mass is 447 g/mol. The van der Waals surface area contributed by atoms with Gasteiger partial charge in [0.05, 0.1) is 6.54 Å². The largest absolute Gasteiger partial charge is 0.471 e. The molecule has 1 N–H and O–H groups in total. The van der Waals surface area contributed by atoms with Crippen molar-refractivity contribution < 1.29 is 18.3 Å². The van der Waals surface area contributed by atoms with Crippen LogP contribution in [0.1, 0.15) is 32.6 Å². The van der Waals surface area contributed by atoms with E-state index in [1.165, 1.54) is 24.3 Å². The summed E-state index contributed by atoms with van der Waals surface area (Å²) in [6.07, 6.45) is 1.60. The molecule has 0 radical (unpaired) electrons.